The van der Waals surface area contributed by atoms with Crippen LogP contribution in [0.25, 0.3) is 0 Å². The predicted octanol–water partition coefficient (Wildman–Crippen LogP) is 1.44. The number of hydrogen-bond acceptors (Lipinski definition) is 2. The molecule has 13 heavy (non-hydrogen) atoms. The van der Waals surface area contributed by atoms with Crippen LogP contribution in [0.15, 0.2) is 0 Å². The van der Waals surface area contributed by atoms with E-state index in [1.54, 1.807) is 0 Å². The molecule has 1 saturated heterocycles. The molecule has 1 aliphatic rings. The molecule has 3 heteroatoms. The molecule has 0 bridgehead atoms. The number of hydrogen-bond donors (Lipinski definition) is 1. The zero-order valence-corrected chi connectivity index (χ0v) is 8.71. The Morgan fingerprint density at radius 2 is 2.00 bits per heavy atom. The van der Waals surface area contributed by atoms with Gasteiger partial charge in [0.25, 0.3) is 0 Å². The topological polar surface area (TPSA) is 40.5 Å². The van der Waals surface area contributed by atoms with Crippen molar-refractivity contribution in [2.45, 2.75) is 27.2 Å². The SMILES string of the molecule is CC(C)(C)CCN1CC(C(=O)O)C1. The highest BCUT2D eigenvalue weighted by atomic mass is 16.4. The van der Waals surface area contributed by atoms with Crippen LogP contribution in [0, 0.1) is 11.3 Å². The zero-order chi connectivity index (χ0) is 10.1. The summed E-state index contributed by atoms with van der Waals surface area (Å²) in [5.74, 6) is -0.757. The number of rotatable bonds is 3. The first-order valence-corrected chi connectivity index (χ1v) is 4.84. The van der Waals surface area contributed by atoms with E-state index in [0.29, 0.717) is 5.41 Å². The van der Waals surface area contributed by atoms with E-state index < -0.39 is 5.97 Å². The molecule has 0 amide bonds. The molecule has 0 aromatic heterocycles. The average molecular weight is 185 g/mol. The van der Waals surface area contributed by atoms with E-state index in [2.05, 4.69) is 25.7 Å². The molecule has 0 atom stereocenters. The van der Waals surface area contributed by atoms with Gasteiger partial charge in [0.05, 0.1) is 5.92 Å². The van der Waals surface area contributed by atoms with Crippen molar-refractivity contribution in [1.29, 1.82) is 0 Å². The number of carboxylic acids is 1. The molecule has 1 rings (SSSR count). The Labute approximate surface area is 79.7 Å². The summed E-state index contributed by atoms with van der Waals surface area (Å²) in [5, 5.41) is 8.65. The van der Waals surface area contributed by atoms with Gasteiger partial charge in [-0.25, -0.2) is 0 Å². The van der Waals surface area contributed by atoms with Gasteiger partial charge >= 0.3 is 5.97 Å². The molecule has 1 fully saturated rings. The van der Waals surface area contributed by atoms with Gasteiger partial charge in [-0.05, 0) is 18.4 Å². The van der Waals surface area contributed by atoms with Crippen molar-refractivity contribution in [3.05, 3.63) is 0 Å². The minimum atomic E-state index is -0.646. The normalized spacial score (nSPS) is 19.9. The summed E-state index contributed by atoms with van der Waals surface area (Å²) >= 11 is 0. The molecule has 3 nitrogen and oxygen atoms in total. The molecule has 0 spiro atoms. The van der Waals surface area contributed by atoms with Crippen LogP contribution in [-0.2, 0) is 4.79 Å². The fourth-order valence-corrected chi connectivity index (χ4v) is 1.40. The fourth-order valence-electron chi connectivity index (χ4n) is 1.40. The van der Waals surface area contributed by atoms with Gasteiger partial charge < -0.3 is 10.0 Å². The van der Waals surface area contributed by atoms with E-state index in [1.807, 2.05) is 0 Å². The Bertz CT molecular complexity index is 190. The second-order valence-corrected chi connectivity index (χ2v) is 5.11. The Hall–Kier alpha value is -0.570. The van der Waals surface area contributed by atoms with E-state index >= 15 is 0 Å². The molecule has 1 heterocycles. The van der Waals surface area contributed by atoms with Crippen LogP contribution in [0.5, 0.6) is 0 Å². The summed E-state index contributed by atoms with van der Waals surface area (Å²) in [4.78, 5) is 12.7. The lowest BCUT2D eigenvalue weighted by Gasteiger charge is -2.38. The highest BCUT2D eigenvalue weighted by Gasteiger charge is 2.32. The van der Waals surface area contributed by atoms with Crippen molar-refractivity contribution in [3.8, 4) is 0 Å². The third-order valence-electron chi connectivity index (χ3n) is 2.48. The molecule has 0 aromatic rings. The van der Waals surface area contributed by atoms with Crippen molar-refractivity contribution in [3.63, 3.8) is 0 Å². The third kappa shape index (κ3) is 3.35. The van der Waals surface area contributed by atoms with Gasteiger partial charge in [0.2, 0.25) is 0 Å². The number of carboxylic acid groups (broad SMARTS) is 1. The number of carbonyl (C=O) groups is 1. The maximum atomic E-state index is 10.5. The first kappa shape index (κ1) is 10.5. The lowest BCUT2D eigenvalue weighted by atomic mass is 9.90. The molecule has 76 valence electrons. The van der Waals surface area contributed by atoms with E-state index in [-0.39, 0.29) is 5.92 Å². The third-order valence-corrected chi connectivity index (χ3v) is 2.48. The smallest absolute Gasteiger partial charge is 0.309 e. The van der Waals surface area contributed by atoms with Crippen LogP contribution < -0.4 is 0 Å². The van der Waals surface area contributed by atoms with Gasteiger partial charge in [-0.1, -0.05) is 20.8 Å². The second kappa shape index (κ2) is 3.66. The Balaban J connectivity index is 2.12. The number of likely N-dealkylation sites (tertiary alicyclic amines) is 1. The van der Waals surface area contributed by atoms with Gasteiger partial charge in [0, 0.05) is 13.1 Å². The predicted molar refractivity (Wildman–Crippen MR) is 51.6 cm³/mol. The average Bonchev–Trinajstić information content (AvgIpc) is 1.79. The fraction of sp³-hybridized carbons (Fsp3) is 0.900. The number of aliphatic carboxylic acids is 1. The largest absolute Gasteiger partial charge is 0.481 e. The first-order chi connectivity index (χ1) is 5.88. The summed E-state index contributed by atoms with van der Waals surface area (Å²) in [6.45, 7) is 9.15. The summed E-state index contributed by atoms with van der Waals surface area (Å²) in [5.41, 5.74) is 0.355. The van der Waals surface area contributed by atoms with E-state index in [9.17, 15) is 4.79 Å². The maximum absolute atomic E-state index is 10.5. The lowest BCUT2D eigenvalue weighted by Crippen LogP contribution is -2.50. The molecule has 0 radical (unpaired) electrons. The second-order valence-electron chi connectivity index (χ2n) is 5.11. The van der Waals surface area contributed by atoms with Crippen molar-refractivity contribution >= 4 is 5.97 Å². The summed E-state index contributed by atoms with van der Waals surface area (Å²) in [6.07, 6.45) is 1.14. The standard InChI is InChI=1S/C10H19NO2/c1-10(2,3)4-5-11-6-8(7-11)9(12)13/h8H,4-7H2,1-3H3,(H,12,13). The van der Waals surface area contributed by atoms with Gasteiger partial charge in [-0.15, -0.1) is 0 Å². The van der Waals surface area contributed by atoms with Gasteiger partial charge in [0.15, 0.2) is 0 Å². The quantitative estimate of drug-likeness (QED) is 0.723. The van der Waals surface area contributed by atoms with Gasteiger partial charge in [-0.2, -0.15) is 0 Å². The lowest BCUT2D eigenvalue weighted by molar-refractivity contribution is -0.147. The van der Waals surface area contributed by atoms with Gasteiger partial charge in [0.1, 0.15) is 0 Å². The van der Waals surface area contributed by atoms with Crippen molar-refractivity contribution in [1.82, 2.24) is 4.90 Å². The van der Waals surface area contributed by atoms with Crippen LogP contribution >= 0.6 is 0 Å². The van der Waals surface area contributed by atoms with Crippen LogP contribution in [0.2, 0.25) is 0 Å². The molecule has 1 aliphatic heterocycles. The molecular formula is C10H19NO2. The Morgan fingerprint density at radius 3 is 2.38 bits per heavy atom. The minimum Gasteiger partial charge on any atom is -0.481 e. The van der Waals surface area contributed by atoms with Crippen LogP contribution in [0.4, 0.5) is 0 Å². The first-order valence-electron chi connectivity index (χ1n) is 4.84. The van der Waals surface area contributed by atoms with Crippen molar-refractivity contribution in [2.24, 2.45) is 11.3 Å². The van der Waals surface area contributed by atoms with Crippen LogP contribution in [0.3, 0.4) is 0 Å². The Kier molecular flexibility index (Phi) is 2.96. The van der Waals surface area contributed by atoms with Crippen molar-refractivity contribution in [2.75, 3.05) is 19.6 Å². The molecule has 0 saturated carbocycles. The molecular weight excluding hydrogens is 166 g/mol. The Morgan fingerprint density at radius 1 is 1.46 bits per heavy atom. The summed E-state index contributed by atoms with van der Waals surface area (Å²) < 4.78 is 0. The molecule has 0 aliphatic carbocycles. The summed E-state index contributed by atoms with van der Waals surface area (Å²) in [7, 11) is 0. The molecule has 0 unspecified atom stereocenters. The van der Waals surface area contributed by atoms with E-state index in [1.165, 1.54) is 0 Å². The molecule has 0 aromatic carbocycles. The van der Waals surface area contributed by atoms with Crippen LogP contribution in [0.1, 0.15) is 27.2 Å². The minimum absolute atomic E-state index is 0.111. The highest BCUT2D eigenvalue weighted by Crippen LogP contribution is 2.22. The zero-order valence-electron chi connectivity index (χ0n) is 8.71. The van der Waals surface area contributed by atoms with Crippen molar-refractivity contribution < 1.29 is 9.90 Å². The highest BCUT2D eigenvalue weighted by molar-refractivity contribution is 5.71. The van der Waals surface area contributed by atoms with Gasteiger partial charge in [-0.3, -0.25) is 4.79 Å². The van der Waals surface area contributed by atoms with E-state index in [4.69, 9.17) is 5.11 Å². The monoisotopic (exact) mass is 185 g/mol. The number of nitrogens with zero attached hydrogens (tertiary/aromatic N) is 1. The summed E-state index contributed by atoms with van der Waals surface area (Å²) in [6, 6.07) is 0. The van der Waals surface area contributed by atoms with Crippen LogP contribution in [-0.4, -0.2) is 35.6 Å². The maximum Gasteiger partial charge on any atom is 0.309 e. The molecule has 1 N–H and O–H groups in total. The van der Waals surface area contributed by atoms with E-state index in [0.717, 1.165) is 26.1 Å².